The second-order valence-electron chi connectivity index (χ2n) is 6.94. The van der Waals surface area contributed by atoms with E-state index in [-0.39, 0.29) is 16.5 Å². The Bertz CT molecular complexity index is 1210. The number of amides is 1. The minimum atomic E-state index is -3.97. The van der Waals surface area contributed by atoms with Crippen molar-refractivity contribution in [2.24, 2.45) is 0 Å². The van der Waals surface area contributed by atoms with Crippen molar-refractivity contribution in [1.82, 2.24) is 0 Å². The van der Waals surface area contributed by atoms with Gasteiger partial charge in [-0.05, 0) is 73.0 Å². The molecule has 0 bridgehead atoms. The molecule has 4 rings (SSSR count). The first-order valence-electron chi connectivity index (χ1n) is 9.33. The average molecular weight is 445 g/mol. The fourth-order valence-corrected chi connectivity index (χ4v) is 4.69. The standard InChI is InChI=1S/C22H18ClFN2O3S/c23-17-9-7-15(8-10-17)22(27)26-13-3-4-16-14-18(11-12-21(16)26)30(28,29)25-20-6-2-1-5-19(20)24/h1-2,5-12,14,25H,3-4,13H2. The number of nitrogens with zero attached hydrogens (tertiary/aromatic N) is 1. The molecule has 0 spiro atoms. The zero-order valence-corrected chi connectivity index (χ0v) is 17.4. The lowest BCUT2D eigenvalue weighted by Gasteiger charge is -2.30. The number of rotatable bonds is 4. The van der Waals surface area contributed by atoms with Crippen LogP contribution in [0.3, 0.4) is 0 Å². The molecular weight excluding hydrogens is 427 g/mol. The molecule has 0 atom stereocenters. The van der Waals surface area contributed by atoms with Crippen LogP contribution in [0.5, 0.6) is 0 Å². The van der Waals surface area contributed by atoms with Crippen molar-refractivity contribution < 1.29 is 17.6 Å². The maximum absolute atomic E-state index is 13.9. The van der Waals surface area contributed by atoms with E-state index in [0.717, 1.165) is 5.56 Å². The maximum atomic E-state index is 13.9. The lowest BCUT2D eigenvalue weighted by atomic mass is 10.0. The minimum Gasteiger partial charge on any atom is -0.308 e. The number of halogens is 2. The van der Waals surface area contributed by atoms with E-state index in [9.17, 15) is 17.6 Å². The lowest BCUT2D eigenvalue weighted by Crippen LogP contribution is -2.35. The summed E-state index contributed by atoms with van der Waals surface area (Å²) in [4.78, 5) is 14.6. The first-order valence-corrected chi connectivity index (χ1v) is 11.2. The fourth-order valence-electron chi connectivity index (χ4n) is 3.45. The van der Waals surface area contributed by atoms with E-state index in [1.165, 1.54) is 24.3 Å². The molecule has 0 fully saturated rings. The molecule has 1 aliphatic heterocycles. The number of sulfonamides is 1. The minimum absolute atomic E-state index is 0.0188. The highest BCUT2D eigenvalue weighted by Crippen LogP contribution is 2.31. The Morgan fingerprint density at radius 2 is 1.77 bits per heavy atom. The van der Waals surface area contributed by atoms with E-state index in [1.54, 1.807) is 47.4 Å². The summed E-state index contributed by atoms with van der Waals surface area (Å²) in [6, 6.07) is 16.8. The van der Waals surface area contributed by atoms with Crippen LogP contribution in [-0.4, -0.2) is 20.9 Å². The predicted octanol–water partition coefficient (Wildman–Crippen LogP) is 4.87. The van der Waals surface area contributed by atoms with Crippen LogP contribution in [0.1, 0.15) is 22.3 Å². The Balaban J connectivity index is 1.64. The number of carbonyl (C=O) groups excluding carboxylic acids is 1. The molecule has 1 heterocycles. The molecule has 0 unspecified atom stereocenters. The van der Waals surface area contributed by atoms with Crippen LogP contribution in [0.15, 0.2) is 71.6 Å². The second kappa shape index (κ2) is 8.08. The van der Waals surface area contributed by atoms with Gasteiger partial charge in [0.2, 0.25) is 0 Å². The first kappa shape index (κ1) is 20.4. The van der Waals surface area contributed by atoms with E-state index in [4.69, 9.17) is 11.6 Å². The fraction of sp³-hybridized carbons (Fsp3) is 0.136. The molecular formula is C22H18ClFN2O3S. The Kier molecular flexibility index (Phi) is 5.49. The van der Waals surface area contributed by atoms with E-state index in [2.05, 4.69) is 4.72 Å². The largest absolute Gasteiger partial charge is 0.308 e. The highest BCUT2D eigenvalue weighted by atomic mass is 35.5. The normalized spacial score (nSPS) is 13.6. The molecule has 3 aromatic rings. The SMILES string of the molecule is O=C(c1ccc(Cl)cc1)N1CCCc2cc(S(=O)(=O)Nc3ccccc3F)ccc21. The molecule has 0 aromatic heterocycles. The zero-order chi connectivity index (χ0) is 21.3. The van der Waals surface area contributed by atoms with Crippen molar-refractivity contribution >= 4 is 38.9 Å². The highest BCUT2D eigenvalue weighted by molar-refractivity contribution is 7.92. The predicted molar refractivity (Wildman–Crippen MR) is 115 cm³/mol. The van der Waals surface area contributed by atoms with Gasteiger partial charge in [0.25, 0.3) is 15.9 Å². The van der Waals surface area contributed by atoms with Gasteiger partial charge >= 0.3 is 0 Å². The summed E-state index contributed by atoms with van der Waals surface area (Å²) >= 11 is 5.90. The lowest BCUT2D eigenvalue weighted by molar-refractivity contribution is 0.0985. The van der Waals surface area contributed by atoms with Crippen molar-refractivity contribution in [3.8, 4) is 0 Å². The number of benzene rings is 3. The number of hydrogen-bond donors (Lipinski definition) is 1. The topological polar surface area (TPSA) is 66.5 Å². The van der Waals surface area contributed by atoms with E-state index < -0.39 is 15.8 Å². The van der Waals surface area contributed by atoms with Crippen LogP contribution in [0.4, 0.5) is 15.8 Å². The van der Waals surface area contributed by atoms with Gasteiger partial charge in [0, 0.05) is 22.8 Å². The van der Waals surface area contributed by atoms with Crippen molar-refractivity contribution in [3.63, 3.8) is 0 Å². The smallest absolute Gasteiger partial charge is 0.261 e. The molecule has 0 saturated carbocycles. The summed E-state index contributed by atoms with van der Waals surface area (Å²) in [5.41, 5.74) is 1.81. The van der Waals surface area contributed by atoms with Crippen LogP contribution in [0.25, 0.3) is 0 Å². The third-order valence-corrected chi connectivity index (χ3v) is 6.55. The maximum Gasteiger partial charge on any atom is 0.261 e. The van der Waals surface area contributed by atoms with Gasteiger partial charge in [0.05, 0.1) is 10.6 Å². The number of anilines is 2. The quantitative estimate of drug-likeness (QED) is 0.624. The first-order chi connectivity index (χ1) is 14.3. The summed E-state index contributed by atoms with van der Waals surface area (Å²) in [6.45, 7) is 0.536. The number of para-hydroxylation sites is 1. The molecule has 3 aromatic carbocycles. The monoisotopic (exact) mass is 444 g/mol. The average Bonchev–Trinajstić information content (AvgIpc) is 2.74. The summed E-state index contributed by atoms with van der Waals surface area (Å²) in [7, 11) is -3.97. The van der Waals surface area contributed by atoms with Crippen LogP contribution >= 0.6 is 11.6 Å². The van der Waals surface area contributed by atoms with Crippen molar-refractivity contribution in [1.29, 1.82) is 0 Å². The van der Waals surface area contributed by atoms with Crippen molar-refractivity contribution in [2.75, 3.05) is 16.2 Å². The summed E-state index contributed by atoms with van der Waals surface area (Å²) in [6.07, 6.45) is 1.35. The summed E-state index contributed by atoms with van der Waals surface area (Å²) in [5.74, 6) is -0.827. The molecule has 1 amide bonds. The molecule has 154 valence electrons. The molecule has 0 aliphatic carbocycles. The molecule has 30 heavy (non-hydrogen) atoms. The van der Waals surface area contributed by atoms with Crippen molar-refractivity contribution in [2.45, 2.75) is 17.7 Å². The van der Waals surface area contributed by atoms with Gasteiger partial charge in [-0.3, -0.25) is 9.52 Å². The van der Waals surface area contributed by atoms with E-state index >= 15 is 0 Å². The number of hydrogen-bond acceptors (Lipinski definition) is 3. The van der Waals surface area contributed by atoms with Gasteiger partial charge in [0.15, 0.2) is 0 Å². The molecule has 5 nitrogen and oxygen atoms in total. The third kappa shape index (κ3) is 4.04. The molecule has 1 aliphatic rings. The van der Waals surface area contributed by atoms with Crippen LogP contribution in [0, 0.1) is 5.82 Å². The zero-order valence-electron chi connectivity index (χ0n) is 15.8. The summed E-state index contributed by atoms with van der Waals surface area (Å²) in [5, 5.41) is 0.544. The Morgan fingerprint density at radius 1 is 1.03 bits per heavy atom. The Labute approximate surface area is 179 Å². The number of fused-ring (bicyclic) bond motifs is 1. The van der Waals surface area contributed by atoms with Gasteiger partial charge < -0.3 is 4.90 Å². The molecule has 0 radical (unpaired) electrons. The van der Waals surface area contributed by atoms with E-state index in [0.29, 0.717) is 35.7 Å². The summed E-state index contributed by atoms with van der Waals surface area (Å²) < 4.78 is 41.6. The van der Waals surface area contributed by atoms with Gasteiger partial charge in [-0.25, -0.2) is 12.8 Å². The molecule has 8 heteroatoms. The van der Waals surface area contributed by atoms with Crippen molar-refractivity contribution in [3.05, 3.63) is 88.7 Å². The van der Waals surface area contributed by atoms with E-state index in [1.807, 2.05) is 0 Å². The second-order valence-corrected chi connectivity index (χ2v) is 9.06. The number of carbonyl (C=O) groups is 1. The molecule has 0 saturated heterocycles. The van der Waals surface area contributed by atoms with Gasteiger partial charge in [-0.2, -0.15) is 0 Å². The van der Waals surface area contributed by atoms with Gasteiger partial charge in [-0.1, -0.05) is 23.7 Å². The Morgan fingerprint density at radius 3 is 2.50 bits per heavy atom. The Hall–Kier alpha value is -2.90. The molecule has 1 N–H and O–H groups in total. The van der Waals surface area contributed by atoms with Crippen LogP contribution < -0.4 is 9.62 Å². The van der Waals surface area contributed by atoms with Gasteiger partial charge in [-0.15, -0.1) is 0 Å². The highest BCUT2D eigenvalue weighted by Gasteiger charge is 2.26. The third-order valence-electron chi connectivity index (χ3n) is 4.93. The number of nitrogens with one attached hydrogen (secondary N) is 1. The van der Waals surface area contributed by atoms with Crippen LogP contribution in [0.2, 0.25) is 5.02 Å². The number of aryl methyl sites for hydroxylation is 1. The van der Waals surface area contributed by atoms with Crippen LogP contribution in [-0.2, 0) is 16.4 Å². The van der Waals surface area contributed by atoms with Gasteiger partial charge in [0.1, 0.15) is 5.82 Å².